The molecule has 2 heterocycles. The standard InChI is InChI=1S/C22H28ClN3O2/c1-28-20-9-6-17(14-19(20)23)8-11-22(27)25-16-18-7-10-21(24-15-18)26-12-4-2-3-5-13-26/h6-7,9-10,14-15H,2-5,8,11-13,16H2,1H3,(H,25,27). The van der Waals surface area contributed by atoms with Crippen molar-refractivity contribution < 1.29 is 9.53 Å². The first-order valence-corrected chi connectivity index (χ1v) is 10.3. The summed E-state index contributed by atoms with van der Waals surface area (Å²) >= 11 is 6.13. The first-order chi connectivity index (χ1) is 13.7. The quantitative estimate of drug-likeness (QED) is 0.748. The molecule has 0 saturated carbocycles. The van der Waals surface area contributed by atoms with Gasteiger partial charge in [-0.1, -0.05) is 36.6 Å². The van der Waals surface area contributed by atoms with E-state index in [1.54, 1.807) is 7.11 Å². The number of pyridine rings is 1. The van der Waals surface area contributed by atoms with Crippen molar-refractivity contribution in [2.75, 3.05) is 25.1 Å². The number of rotatable bonds is 7. The maximum absolute atomic E-state index is 12.2. The van der Waals surface area contributed by atoms with Gasteiger partial charge >= 0.3 is 0 Å². The number of nitrogens with one attached hydrogen (secondary N) is 1. The van der Waals surface area contributed by atoms with Gasteiger partial charge in [0.25, 0.3) is 0 Å². The number of carbonyl (C=O) groups is 1. The number of carbonyl (C=O) groups excluding carboxylic acids is 1. The number of hydrogen-bond donors (Lipinski definition) is 1. The largest absolute Gasteiger partial charge is 0.495 e. The van der Waals surface area contributed by atoms with Crippen LogP contribution in [0, 0.1) is 0 Å². The average molecular weight is 402 g/mol. The Morgan fingerprint density at radius 1 is 1.14 bits per heavy atom. The lowest BCUT2D eigenvalue weighted by atomic mass is 10.1. The molecule has 1 aromatic carbocycles. The highest BCUT2D eigenvalue weighted by molar-refractivity contribution is 6.32. The molecule has 6 heteroatoms. The van der Waals surface area contributed by atoms with Crippen LogP contribution in [-0.4, -0.2) is 31.1 Å². The lowest BCUT2D eigenvalue weighted by Gasteiger charge is -2.21. The summed E-state index contributed by atoms with van der Waals surface area (Å²) in [7, 11) is 1.59. The van der Waals surface area contributed by atoms with Crippen molar-refractivity contribution in [3.05, 3.63) is 52.7 Å². The number of ether oxygens (including phenoxy) is 1. The minimum atomic E-state index is 0.0172. The Hall–Kier alpha value is -2.27. The monoisotopic (exact) mass is 401 g/mol. The van der Waals surface area contributed by atoms with Gasteiger partial charge in [-0.2, -0.15) is 0 Å². The number of halogens is 1. The zero-order chi connectivity index (χ0) is 19.8. The number of aryl methyl sites for hydroxylation is 1. The Labute approximate surface area is 172 Å². The minimum Gasteiger partial charge on any atom is -0.495 e. The van der Waals surface area contributed by atoms with Gasteiger partial charge in [0.05, 0.1) is 12.1 Å². The first-order valence-electron chi connectivity index (χ1n) is 9.94. The van der Waals surface area contributed by atoms with Crippen molar-refractivity contribution in [3.8, 4) is 5.75 Å². The third-order valence-corrected chi connectivity index (χ3v) is 5.38. The predicted octanol–water partition coefficient (Wildman–Crippen LogP) is 4.37. The van der Waals surface area contributed by atoms with Crippen LogP contribution in [0.3, 0.4) is 0 Å². The first kappa shape index (κ1) is 20.5. The third kappa shape index (κ3) is 5.86. The van der Waals surface area contributed by atoms with Crippen molar-refractivity contribution in [1.29, 1.82) is 0 Å². The van der Waals surface area contributed by atoms with Crippen LogP contribution in [0.1, 0.15) is 43.2 Å². The summed E-state index contributed by atoms with van der Waals surface area (Å²) < 4.78 is 5.15. The third-order valence-electron chi connectivity index (χ3n) is 5.09. The van der Waals surface area contributed by atoms with Gasteiger partial charge in [0.15, 0.2) is 0 Å². The van der Waals surface area contributed by atoms with Gasteiger partial charge < -0.3 is 15.0 Å². The summed E-state index contributed by atoms with van der Waals surface area (Å²) in [5, 5.41) is 3.53. The molecule has 5 nitrogen and oxygen atoms in total. The van der Waals surface area contributed by atoms with Crippen molar-refractivity contribution in [2.45, 2.75) is 45.1 Å². The zero-order valence-electron chi connectivity index (χ0n) is 16.4. The van der Waals surface area contributed by atoms with Gasteiger partial charge in [-0.15, -0.1) is 0 Å². The highest BCUT2D eigenvalue weighted by Gasteiger charge is 2.11. The molecule has 0 spiro atoms. The number of hydrogen-bond acceptors (Lipinski definition) is 4. The number of anilines is 1. The summed E-state index contributed by atoms with van der Waals surface area (Å²) in [5.41, 5.74) is 2.03. The van der Waals surface area contributed by atoms with E-state index in [4.69, 9.17) is 16.3 Å². The van der Waals surface area contributed by atoms with Gasteiger partial charge in [-0.25, -0.2) is 4.98 Å². The smallest absolute Gasteiger partial charge is 0.220 e. The Bertz CT molecular complexity index is 772. The molecule has 3 rings (SSSR count). The summed E-state index contributed by atoms with van der Waals surface area (Å²) in [6, 6.07) is 9.72. The molecular formula is C22H28ClN3O2. The van der Waals surface area contributed by atoms with E-state index in [2.05, 4.69) is 27.3 Å². The predicted molar refractivity (Wildman–Crippen MR) is 113 cm³/mol. The molecule has 0 unspecified atom stereocenters. The van der Waals surface area contributed by atoms with Crippen LogP contribution in [0.2, 0.25) is 5.02 Å². The van der Waals surface area contributed by atoms with Crippen molar-refractivity contribution in [2.24, 2.45) is 0 Å². The van der Waals surface area contributed by atoms with E-state index >= 15 is 0 Å². The summed E-state index contributed by atoms with van der Waals surface area (Å²) in [5.74, 6) is 1.70. The fourth-order valence-electron chi connectivity index (χ4n) is 3.42. The number of benzene rings is 1. The molecule has 0 bridgehead atoms. The minimum absolute atomic E-state index is 0.0172. The average Bonchev–Trinajstić information content (AvgIpc) is 3.01. The van der Waals surface area contributed by atoms with Crippen LogP contribution < -0.4 is 15.0 Å². The highest BCUT2D eigenvalue weighted by Crippen LogP contribution is 2.25. The fourth-order valence-corrected chi connectivity index (χ4v) is 3.70. The Balaban J connectivity index is 1.44. The van der Waals surface area contributed by atoms with Gasteiger partial charge in [-0.3, -0.25) is 4.79 Å². The van der Waals surface area contributed by atoms with Gasteiger partial charge in [0.1, 0.15) is 11.6 Å². The second-order valence-corrected chi connectivity index (χ2v) is 7.58. The Kier molecular flexibility index (Phi) is 7.54. The molecule has 1 aliphatic rings. The Morgan fingerprint density at radius 2 is 1.89 bits per heavy atom. The molecule has 1 fully saturated rings. The summed E-state index contributed by atoms with van der Waals surface area (Å²) in [6.07, 6.45) is 8.01. The van der Waals surface area contributed by atoms with Crippen LogP contribution in [-0.2, 0) is 17.8 Å². The molecule has 0 radical (unpaired) electrons. The molecule has 28 heavy (non-hydrogen) atoms. The summed E-state index contributed by atoms with van der Waals surface area (Å²) in [4.78, 5) is 19.1. The highest BCUT2D eigenvalue weighted by atomic mass is 35.5. The molecule has 0 atom stereocenters. The van der Waals surface area contributed by atoms with E-state index in [1.165, 1.54) is 25.7 Å². The lowest BCUT2D eigenvalue weighted by molar-refractivity contribution is -0.121. The van der Waals surface area contributed by atoms with E-state index in [9.17, 15) is 4.79 Å². The lowest BCUT2D eigenvalue weighted by Crippen LogP contribution is -2.25. The maximum atomic E-state index is 12.2. The number of amides is 1. The van der Waals surface area contributed by atoms with Crippen LogP contribution in [0.5, 0.6) is 5.75 Å². The number of nitrogens with zero attached hydrogens (tertiary/aromatic N) is 2. The van der Waals surface area contributed by atoms with Crippen LogP contribution >= 0.6 is 11.6 Å². The van der Waals surface area contributed by atoms with Gasteiger partial charge in [0.2, 0.25) is 5.91 Å². The summed E-state index contributed by atoms with van der Waals surface area (Å²) in [6.45, 7) is 2.66. The normalized spacial score (nSPS) is 14.4. The van der Waals surface area contributed by atoms with Crippen LogP contribution in [0.4, 0.5) is 5.82 Å². The van der Waals surface area contributed by atoms with E-state index in [-0.39, 0.29) is 5.91 Å². The second kappa shape index (κ2) is 10.3. The number of aromatic nitrogens is 1. The molecule has 1 amide bonds. The molecular weight excluding hydrogens is 374 g/mol. The van der Waals surface area contributed by atoms with E-state index in [0.29, 0.717) is 30.2 Å². The molecule has 1 aliphatic heterocycles. The zero-order valence-corrected chi connectivity index (χ0v) is 17.2. The van der Waals surface area contributed by atoms with Gasteiger partial charge in [0, 0.05) is 32.3 Å². The van der Waals surface area contributed by atoms with E-state index < -0.39 is 0 Å². The number of methoxy groups -OCH3 is 1. The topological polar surface area (TPSA) is 54.5 Å². The maximum Gasteiger partial charge on any atom is 0.220 e. The molecule has 1 aromatic heterocycles. The molecule has 2 aromatic rings. The molecule has 150 valence electrons. The fraction of sp³-hybridized carbons (Fsp3) is 0.455. The molecule has 1 saturated heterocycles. The second-order valence-electron chi connectivity index (χ2n) is 7.17. The van der Waals surface area contributed by atoms with Gasteiger partial charge in [-0.05, 0) is 48.6 Å². The molecule has 1 N–H and O–H groups in total. The van der Waals surface area contributed by atoms with Crippen molar-refractivity contribution >= 4 is 23.3 Å². The van der Waals surface area contributed by atoms with Crippen LogP contribution in [0.25, 0.3) is 0 Å². The van der Waals surface area contributed by atoms with Crippen LogP contribution in [0.15, 0.2) is 36.5 Å². The van der Waals surface area contributed by atoms with E-state index in [1.807, 2.05) is 24.4 Å². The van der Waals surface area contributed by atoms with Crippen molar-refractivity contribution in [1.82, 2.24) is 10.3 Å². The SMILES string of the molecule is COc1ccc(CCC(=O)NCc2ccc(N3CCCCCC3)nc2)cc1Cl. The van der Waals surface area contributed by atoms with Crippen molar-refractivity contribution in [3.63, 3.8) is 0 Å². The Morgan fingerprint density at radius 3 is 2.54 bits per heavy atom. The molecule has 0 aliphatic carbocycles. The van der Waals surface area contributed by atoms with E-state index in [0.717, 1.165) is 30.0 Å².